The molecule has 3 rings (SSSR count). The fourth-order valence-corrected chi connectivity index (χ4v) is 2.69. The van der Waals surface area contributed by atoms with Gasteiger partial charge in [-0.1, -0.05) is 0 Å². The number of hydrogen-bond acceptors (Lipinski definition) is 6. The SMILES string of the molecule is CC(C)Oc1cc2ncn([C@@H]3O[C@H](CO)[C@@H](O)[C@H]3O)c2cc1F. The predicted molar refractivity (Wildman–Crippen MR) is 78.5 cm³/mol. The van der Waals surface area contributed by atoms with Crippen LogP contribution in [0.4, 0.5) is 4.39 Å². The first kappa shape index (κ1) is 16.1. The van der Waals surface area contributed by atoms with E-state index in [1.807, 2.05) is 0 Å². The van der Waals surface area contributed by atoms with Crippen molar-refractivity contribution in [2.45, 2.75) is 44.5 Å². The zero-order valence-electron chi connectivity index (χ0n) is 12.8. The lowest BCUT2D eigenvalue weighted by atomic mass is 10.1. The van der Waals surface area contributed by atoms with Crippen LogP contribution in [0, 0.1) is 5.82 Å². The molecule has 0 bridgehead atoms. The Kier molecular flexibility index (Phi) is 4.24. The molecule has 0 spiro atoms. The first-order valence-corrected chi connectivity index (χ1v) is 7.37. The van der Waals surface area contributed by atoms with Crippen LogP contribution in [0.1, 0.15) is 20.1 Å². The molecule has 0 unspecified atom stereocenters. The third kappa shape index (κ3) is 2.78. The average molecular weight is 326 g/mol. The van der Waals surface area contributed by atoms with E-state index >= 15 is 0 Å². The molecule has 0 saturated carbocycles. The number of hydrogen-bond donors (Lipinski definition) is 3. The van der Waals surface area contributed by atoms with Crippen molar-refractivity contribution >= 4 is 11.0 Å². The minimum Gasteiger partial charge on any atom is -0.488 e. The number of nitrogens with zero attached hydrogens (tertiary/aromatic N) is 2. The maximum Gasteiger partial charge on any atom is 0.167 e. The first-order chi connectivity index (χ1) is 10.9. The summed E-state index contributed by atoms with van der Waals surface area (Å²) in [5.41, 5.74) is 0.869. The van der Waals surface area contributed by atoms with Crippen LogP contribution in [-0.4, -0.2) is 55.9 Å². The summed E-state index contributed by atoms with van der Waals surface area (Å²) in [5, 5.41) is 29.1. The first-order valence-electron chi connectivity index (χ1n) is 7.37. The Morgan fingerprint density at radius 2 is 2.09 bits per heavy atom. The fourth-order valence-electron chi connectivity index (χ4n) is 2.69. The second-order valence-electron chi connectivity index (χ2n) is 5.82. The summed E-state index contributed by atoms with van der Waals surface area (Å²) in [6, 6.07) is 2.72. The number of benzene rings is 1. The minimum atomic E-state index is -1.25. The molecule has 1 fully saturated rings. The molecule has 1 saturated heterocycles. The molecule has 4 atom stereocenters. The molecule has 8 heteroatoms. The number of aliphatic hydroxyl groups excluding tert-OH is 3. The van der Waals surface area contributed by atoms with Crippen molar-refractivity contribution in [2.75, 3.05) is 6.61 Å². The fraction of sp³-hybridized carbons (Fsp3) is 0.533. The number of halogens is 1. The Balaban J connectivity index is 1.98. The lowest BCUT2D eigenvalue weighted by Gasteiger charge is -2.17. The second-order valence-corrected chi connectivity index (χ2v) is 5.82. The van der Waals surface area contributed by atoms with Gasteiger partial charge in [0.05, 0.1) is 30.1 Å². The summed E-state index contributed by atoms with van der Waals surface area (Å²) < 4.78 is 26.4. The van der Waals surface area contributed by atoms with Gasteiger partial charge in [-0.25, -0.2) is 9.37 Å². The smallest absolute Gasteiger partial charge is 0.167 e. The maximum absolute atomic E-state index is 14.2. The van der Waals surface area contributed by atoms with E-state index in [4.69, 9.17) is 14.6 Å². The lowest BCUT2D eigenvalue weighted by Crippen LogP contribution is -2.33. The van der Waals surface area contributed by atoms with Gasteiger partial charge in [0.1, 0.15) is 18.3 Å². The lowest BCUT2D eigenvalue weighted by molar-refractivity contribution is -0.0509. The van der Waals surface area contributed by atoms with Crippen molar-refractivity contribution < 1.29 is 29.2 Å². The Morgan fingerprint density at radius 3 is 2.70 bits per heavy atom. The van der Waals surface area contributed by atoms with Gasteiger partial charge in [0.25, 0.3) is 0 Å². The van der Waals surface area contributed by atoms with Crippen LogP contribution in [-0.2, 0) is 4.74 Å². The highest BCUT2D eigenvalue weighted by Crippen LogP contribution is 2.33. The normalized spacial score (nSPS) is 28.0. The van der Waals surface area contributed by atoms with E-state index in [-0.39, 0.29) is 11.9 Å². The molecule has 2 heterocycles. The van der Waals surface area contributed by atoms with Crippen LogP contribution in [0.2, 0.25) is 0 Å². The molecule has 0 radical (unpaired) electrons. The van der Waals surface area contributed by atoms with E-state index in [2.05, 4.69) is 4.98 Å². The van der Waals surface area contributed by atoms with Crippen molar-refractivity contribution in [1.82, 2.24) is 9.55 Å². The molecule has 23 heavy (non-hydrogen) atoms. The monoisotopic (exact) mass is 326 g/mol. The van der Waals surface area contributed by atoms with Gasteiger partial charge < -0.3 is 29.4 Å². The number of ether oxygens (including phenoxy) is 2. The maximum atomic E-state index is 14.2. The number of fused-ring (bicyclic) bond motifs is 1. The van der Waals surface area contributed by atoms with Crippen molar-refractivity contribution in [1.29, 1.82) is 0 Å². The quantitative estimate of drug-likeness (QED) is 0.760. The second kappa shape index (κ2) is 6.04. The molecular weight excluding hydrogens is 307 g/mol. The van der Waals surface area contributed by atoms with Gasteiger partial charge in [0.2, 0.25) is 0 Å². The minimum absolute atomic E-state index is 0.0962. The van der Waals surface area contributed by atoms with Crippen LogP contribution in [0.5, 0.6) is 5.75 Å². The van der Waals surface area contributed by atoms with Crippen molar-refractivity contribution in [3.05, 3.63) is 24.3 Å². The van der Waals surface area contributed by atoms with E-state index in [0.717, 1.165) is 0 Å². The zero-order chi connectivity index (χ0) is 16.7. The number of rotatable bonds is 4. The summed E-state index contributed by atoms with van der Waals surface area (Å²) in [6.45, 7) is 3.16. The van der Waals surface area contributed by atoms with Crippen molar-refractivity contribution in [3.63, 3.8) is 0 Å². The number of imidazole rings is 1. The molecule has 0 aliphatic carbocycles. The zero-order valence-corrected chi connectivity index (χ0v) is 12.8. The largest absolute Gasteiger partial charge is 0.488 e. The topological polar surface area (TPSA) is 97.0 Å². The van der Waals surface area contributed by atoms with Crippen LogP contribution in [0.25, 0.3) is 11.0 Å². The molecule has 1 aliphatic heterocycles. The highest BCUT2D eigenvalue weighted by molar-refractivity contribution is 5.77. The predicted octanol–water partition coefficient (Wildman–Crippen LogP) is 0.574. The third-order valence-electron chi connectivity index (χ3n) is 3.78. The molecule has 1 aliphatic rings. The molecule has 1 aromatic carbocycles. The van der Waals surface area contributed by atoms with Gasteiger partial charge in [0.15, 0.2) is 17.8 Å². The van der Waals surface area contributed by atoms with Crippen LogP contribution in [0.3, 0.4) is 0 Å². The van der Waals surface area contributed by atoms with Gasteiger partial charge in [-0.2, -0.15) is 0 Å². The van der Waals surface area contributed by atoms with Gasteiger partial charge in [-0.15, -0.1) is 0 Å². The van der Waals surface area contributed by atoms with Crippen molar-refractivity contribution in [3.8, 4) is 5.75 Å². The summed E-state index contributed by atoms with van der Waals surface area (Å²) in [7, 11) is 0. The average Bonchev–Trinajstić information content (AvgIpc) is 3.01. The third-order valence-corrected chi connectivity index (χ3v) is 3.78. The molecule has 1 aromatic heterocycles. The van der Waals surface area contributed by atoms with Crippen LogP contribution < -0.4 is 4.74 Å². The molecular formula is C15H19FN2O5. The highest BCUT2D eigenvalue weighted by atomic mass is 19.1. The van der Waals surface area contributed by atoms with E-state index in [1.54, 1.807) is 13.8 Å². The Hall–Kier alpha value is -1.74. The Morgan fingerprint density at radius 1 is 1.35 bits per heavy atom. The standard InChI is InChI=1S/C15H19FN2O5/c1-7(2)22-11-4-9-10(3-8(11)16)18(6-17-9)15-14(21)13(20)12(5-19)23-15/h3-4,6-7,12-15,19-21H,5H2,1-2H3/t12-,13-,14-,15-/m1/s1. The van der Waals surface area contributed by atoms with E-state index in [9.17, 15) is 14.6 Å². The van der Waals surface area contributed by atoms with Crippen LogP contribution >= 0.6 is 0 Å². The highest BCUT2D eigenvalue weighted by Gasteiger charge is 2.43. The van der Waals surface area contributed by atoms with Gasteiger partial charge in [-0.05, 0) is 13.8 Å². The summed E-state index contributed by atoms with van der Waals surface area (Å²) in [5.74, 6) is -0.460. The Bertz CT molecular complexity index is 704. The van der Waals surface area contributed by atoms with Gasteiger partial charge >= 0.3 is 0 Å². The van der Waals surface area contributed by atoms with Gasteiger partial charge in [0, 0.05) is 12.1 Å². The summed E-state index contributed by atoms with van der Waals surface area (Å²) >= 11 is 0. The summed E-state index contributed by atoms with van der Waals surface area (Å²) in [4.78, 5) is 4.16. The Labute approximate surface area is 131 Å². The van der Waals surface area contributed by atoms with Crippen LogP contribution in [0.15, 0.2) is 18.5 Å². The van der Waals surface area contributed by atoms with Gasteiger partial charge in [-0.3, -0.25) is 0 Å². The molecule has 126 valence electrons. The van der Waals surface area contributed by atoms with Crippen molar-refractivity contribution in [2.24, 2.45) is 0 Å². The molecule has 3 N–H and O–H groups in total. The molecule has 7 nitrogen and oxygen atoms in total. The van der Waals surface area contributed by atoms with E-state index < -0.39 is 37.0 Å². The number of aliphatic hydroxyl groups is 3. The molecule has 0 amide bonds. The molecule has 2 aromatic rings. The number of aromatic nitrogens is 2. The summed E-state index contributed by atoms with van der Waals surface area (Å²) in [6.07, 6.45) is -3.12. The van der Waals surface area contributed by atoms with E-state index in [1.165, 1.54) is 23.0 Å². The van der Waals surface area contributed by atoms with E-state index in [0.29, 0.717) is 11.0 Å².